The topological polar surface area (TPSA) is 56.8 Å². The van der Waals surface area contributed by atoms with Crippen molar-refractivity contribution in [3.8, 4) is 11.4 Å². The third-order valence-electron chi connectivity index (χ3n) is 3.68. The molecule has 106 valence electrons. The molecule has 5 nitrogen and oxygen atoms in total. The van der Waals surface area contributed by atoms with Gasteiger partial charge in [0.1, 0.15) is 11.6 Å². The van der Waals surface area contributed by atoms with Gasteiger partial charge in [0.25, 0.3) is 0 Å². The molecule has 0 unspecified atom stereocenters. The van der Waals surface area contributed by atoms with Crippen molar-refractivity contribution in [2.24, 2.45) is 0 Å². The number of hydrogen-bond acceptors (Lipinski definition) is 4. The number of hydrogen-bond donors (Lipinski definition) is 2. The van der Waals surface area contributed by atoms with Crippen LogP contribution in [0.3, 0.4) is 0 Å². The minimum atomic E-state index is 0.462. The molecule has 0 spiro atoms. The smallest absolute Gasteiger partial charge is 0.139 e. The van der Waals surface area contributed by atoms with E-state index in [1.807, 2.05) is 12.4 Å². The summed E-state index contributed by atoms with van der Waals surface area (Å²) in [6, 6.07) is 4.17. The van der Waals surface area contributed by atoms with Gasteiger partial charge in [0, 0.05) is 49.8 Å². The molecule has 2 aromatic rings. The molecular weight excluding hydrogens is 250 g/mol. The molecule has 0 saturated carbocycles. The van der Waals surface area contributed by atoms with Gasteiger partial charge in [-0.05, 0) is 18.1 Å². The van der Waals surface area contributed by atoms with Crippen molar-refractivity contribution in [1.29, 1.82) is 0 Å². The van der Waals surface area contributed by atoms with Crippen molar-refractivity contribution in [1.82, 2.24) is 20.3 Å². The second-order valence-corrected chi connectivity index (χ2v) is 5.48. The molecule has 3 rings (SSSR count). The highest BCUT2D eigenvalue weighted by Crippen LogP contribution is 2.21. The van der Waals surface area contributed by atoms with Gasteiger partial charge >= 0.3 is 0 Å². The number of aromatic nitrogens is 3. The van der Waals surface area contributed by atoms with Crippen molar-refractivity contribution >= 4 is 5.82 Å². The second kappa shape index (κ2) is 5.63. The van der Waals surface area contributed by atoms with Crippen molar-refractivity contribution < 1.29 is 0 Å². The van der Waals surface area contributed by atoms with Gasteiger partial charge in [0.15, 0.2) is 0 Å². The van der Waals surface area contributed by atoms with E-state index in [1.54, 1.807) is 0 Å². The standard InChI is InChI=1S/C15H21N5/c1-11(2)13-10-18-15(19-13)12-3-4-14(17-9-12)20-7-5-16-6-8-20/h3-4,9-11,16H,5-8H2,1-2H3,(H,18,19). The summed E-state index contributed by atoms with van der Waals surface area (Å²) >= 11 is 0. The van der Waals surface area contributed by atoms with Gasteiger partial charge in [0.05, 0.1) is 0 Å². The van der Waals surface area contributed by atoms with Crippen molar-refractivity contribution in [3.05, 3.63) is 30.2 Å². The van der Waals surface area contributed by atoms with Gasteiger partial charge in [-0.2, -0.15) is 0 Å². The molecule has 0 atom stereocenters. The Morgan fingerprint density at radius 2 is 1.90 bits per heavy atom. The molecule has 5 heteroatoms. The first-order chi connectivity index (χ1) is 9.74. The van der Waals surface area contributed by atoms with E-state index in [0.29, 0.717) is 5.92 Å². The monoisotopic (exact) mass is 271 g/mol. The van der Waals surface area contributed by atoms with E-state index in [2.05, 4.69) is 51.1 Å². The van der Waals surface area contributed by atoms with Crippen LogP contribution in [0.15, 0.2) is 24.5 Å². The molecule has 2 aromatic heterocycles. The maximum atomic E-state index is 4.57. The van der Waals surface area contributed by atoms with E-state index in [0.717, 1.165) is 49.1 Å². The summed E-state index contributed by atoms with van der Waals surface area (Å²) < 4.78 is 0. The number of H-pyrrole nitrogens is 1. The SMILES string of the molecule is CC(C)c1cnc(-c2ccc(N3CCNCC3)nc2)[nH]1. The molecule has 2 N–H and O–H groups in total. The molecule has 20 heavy (non-hydrogen) atoms. The van der Waals surface area contributed by atoms with E-state index in [1.165, 1.54) is 0 Å². The number of nitrogens with one attached hydrogen (secondary N) is 2. The van der Waals surface area contributed by atoms with Crippen LogP contribution in [0.4, 0.5) is 5.82 Å². The summed E-state index contributed by atoms with van der Waals surface area (Å²) in [7, 11) is 0. The highest BCUT2D eigenvalue weighted by atomic mass is 15.2. The minimum Gasteiger partial charge on any atom is -0.354 e. The number of pyridine rings is 1. The lowest BCUT2D eigenvalue weighted by atomic mass is 10.2. The predicted molar refractivity (Wildman–Crippen MR) is 81.0 cm³/mol. The fourth-order valence-corrected chi connectivity index (χ4v) is 2.38. The van der Waals surface area contributed by atoms with Crippen molar-refractivity contribution in [2.45, 2.75) is 19.8 Å². The van der Waals surface area contributed by atoms with Crippen LogP contribution in [0, 0.1) is 0 Å². The zero-order valence-electron chi connectivity index (χ0n) is 12.1. The molecular formula is C15H21N5. The second-order valence-electron chi connectivity index (χ2n) is 5.48. The Bertz CT molecular complexity index is 552. The average molecular weight is 271 g/mol. The number of nitrogens with zero attached hydrogens (tertiary/aromatic N) is 3. The van der Waals surface area contributed by atoms with Crippen LogP contribution in [0.5, 0.6) is 0 Å². The summed E-state index contributed by atoms with van der Waals surface area (Å²) in [6.45, 7) is 8.40. The van der Waals surface area contributed by atoms with E-state index >= 15 is 0 Å². The van der Waals surface area contributed by atoms with Crippen LogP contribution in [-0.4, -0.2) is 41.1 Å². The first-order valence-electron chi connectivity index (χ1n) is 7.21. The van der Waals surface area contributed by atoms with E-state index < -0.39 is 0 Å². The molecule has 1 aliphatic rings. The molecule has 0 aromatic carbocycles. The van der Waals surface area contributed by atoms with Crippen LogP contribution >= 0.6 is 0 Å². The van der Waals surface area contributed by atoms with Gasteiger partial charge in [-0.3, -0.25) is 0 Å². The third-order valence-corrected chi connectivity index (χ3v) is 3.68. The van der Waals surface area contributed by atoms with Gasteiger partial charge in [0.2, 0.25) is 0 Å². The summed E-state index contributed by atoms with van der Waals surface area (Å²) in [5, 5.41) is 3.35. The van der Waals surface area contributed by atoms with Crippen LogP contribution in [0.25, 0.3) is 11.4 Å². The van der Waals surface area contributed by atoms with Crippen LogP contribution in [0.1, 0.15) is 25.5 Å². The average Bonchev–Trinajstić information content (AvgIpc) is 2.98. The van der Waals surface area contributed by atoms with Gasteiger partial charge in [-0.25, -0.2) is 9.97 Å². The number of rotatable bonds is 3. The highest BCUT2D eigenvalue weighted by Gasteiger charge is 2.12. The summed E-state index contributed by atoms with van der Waals surface area (Å²) in [4.78, 5) is 14.7. The van der Waals surface area contributed by atoms with E-state index in [4.69, 9.17) is 0 Å². The zero-order chi connectivity index (χ0) is 13.9. The number of imidazole rings is 1. The van der Waals surface area contributed by atoms with E-state index in [-0.39, 0.29) is 0 Å². The molecule has 1 aliphatic heterocycles. The Labute approximate surface area is 119 Å². The molecule has 0 amide bonds. The van der Waals surface area contributed by atoms with Gasteiger partial charge < -0.3 is 15.2 Å². The first-order valence-corrected chi connectivity index (χ1v) is 7.21. The Kier molecular flexibility index (Phi) is 3.69. The van der Waals surface area contributed by atoms with Crippen LogP contribution < -0.4 is 10.2 Å². The Hall–Kier alpha value is -1.88. The van der Waals surface area contributed by atoms with Crippen molar-refractivity contribution in [2.75, 3.05) is 31.1 Å². The minimum absolute atomic E-state index is 0.462. The molecule has 0 radical (unpaired) electrons. The predicted octanol–water partition coefficient (Wildman–Crippen LogP) is 2.00. The molecule has 1 saturated heterocycles. The Morgan fingerprint density at radius 1 is 1.10 bits per heavy atom. The maximum Gasteiger partial charge on any atom is 0.139 e. The maximum absolute atomic E-state index is 4.57. The summed E-state index contributed by atoms with van der Waals surface area (Å²) in [5.74, 6) is 2.41. The Balaban J connectivity index is 1.77. The largest absolute Gasteiger partial charge is 0.354 e. The fourth-order valence-electron chi connectivity index (χ4n) is 2.38. The van der Waals surface area contributed by atoms with Gasteiger partial charge in [-0.15, -0.1) is 0 Å². The number of anilines is 1. The molecule has 0 bridgehead atoms. The lowest BCUT2D eigenvalue weighted by molar-refractivity contribution is 0.585. The molecule has 1 fully saturated rings. The quantitative estimate of drug-likeness (QED) is 0.896. The number of piperazine rings is 1. The summed E-state index contributed by atoms with van der Waals surface area (Å²) in [6.07, 6.45) is 3.81. The molecule has 3 heterocycles. The van der Waals surface area contributed by atoms with Crippen molar-refractivity contribution in [3.63, 3.8) is 0 Å². The van der Waals surface area contributed by atoms with Crippen LogP contribution in [-0.2, 0) is 0 Å². The first kappa shape index (κ1) is 13.1. The normalized spacial score (nSPS) is 15.8. The van der Waals surface area contributed by atoms with Crippen LogP contribution in [0.2, 0.25) is 0 Å². The van der Waals surface area contributed by atoms with Gasteiger partial charge in [-0.1, -0.05) is 13.8 Å². The number of aromatic amines is 1. The van der Waals surface area contributed by atoms with E-state index in [9.17, 15) is 0 Å². The summed E-state index contributed by atoms with van der Waals surface area (Å²) in [5.41, 5.74) is 2.20. The third kappa shape index (κ3) is 2.67. The highest BCUT2D eigenvalue weighted by molar-refractivity contribution is 5.56. The lowest BCUT2D eigenvalue weighted by Crippen LogP contribution is -2.43. The Morgan fingerprint density at radius 3 is 2.50 bits per heavy atom. The fraction of sp³-hybridized carbons (Fsp3) is 0.467. The molecule has 0 aliphatic carbocycles. The lowest BCUT2D eigenvalue weighted by Gasteiger charge is -2.28. The zero-order valence-corrected chi connectivity index (χ0v) is 12.1.